The van der Waals surface area contributed by atoms with Gasteiger partial charge in [-0.2, -0.15) is 0 Å². The largest absolute Gasteiger partial charge is 0.495 e. The molecule has 8 heteroatoms. The summed E-state index contributed by atoms with van der Waals surface area (Å²) in [6.45, 7) is 10.2. The molecule has 0 amide bonds. The Morgan fingerprint density at radius 3 is 2.41 bits per heavy atom. The maximum Gasteiger partial charge on any atom is 0.175 e. The maximum absolute atomic E-state index is 11.9. The van der Waals surface area contributed by atoms with Crippen LogP contribution in [0.4, 0.5) is 11.4 Å². The fourth-order valence-electron chi connectivity index (χ4n) is 5.72. The zero-order valence-electron chi connectivity index (χ0n) is 23.9. The monoisotopic (exact) mass is 550 g/mol. The van der Waals surface area contributed by atoms with E-state index in [1.807, 2.05) is 0 Å². The number of hydrogen-bond donors (Lipinski definition) is 2. The lowest BCUT2D eigenvalue weighted by Gasteiger charge is -2.36. The lowest BCUT2D eigenvalue weighted by Crippen LogP contribution is -2.40. The van der Waals surface area contributed by atoms with Gasteiger partial charge in [-0.15, -0.1) is 0 Å². The van der Waals surface area contributed by atoms with Gasteiger partial charge in [0.25, 0.3) is 0 Å². The number of anilines is 2. The molecule has 4 rings (SSSR count). The van der Waals surface area contributed by atoms with Gasteiger partial charge in [-0.1, -0.05) is 25.8 Å². The second-order valence-corrected chi connectivity index (χ2v) is 12.2. The average Bonchev–Trinajstić information content (AvgIpc) is 3.30. The predicted molar refractivity (Wildman–Crippen MR) is 162 cm³/mol. The molecule has 1 aromatic heterocycles. The molecule has 1 aliphatic carbocycles. The van der Waals surface area contributed by atoms with E-state index in [-0.39, 0.29) is 4.90 Å². The van der Waals surface area contributed by atoms with Crippen molar-refractivity contribution in [3.8, 4) is 17.6 Å². The Balaban J connectivity index is 1.47. The number of aryl methyl sites for hydroxylation is 1. The molecule has 3 aromatic rings. The number of nitrogens with zero attached hydrogens (tertiary/aromatic N) is 2. The van der Waals surface area contributed by atoms with E-state index in [9.17, 15) is 8.42 Å². The van der Waals surface area contributed by atoms with Crippen LogP contribution in [-0.4, -0.2) is 63.0 Å². The van der Waals surface area contributed by atoms with E-state index in [0.717, 1.165) is 25.3 Å². The summed E-state index contributed by atoms with van der Waals surface area (Å²) in [7, 11) is -1.77. The Hall–Kier alpha value is -3.15. The van der Waals surface area contributed by atoms with Gasteiger partial charge in [0.2, 0.25) is 0 Å². The second kappa shape index (κ2) is 12.8. The van der Waals surface area contributed by atoms with Crippen LogP contribution in [0.1, 0.15) is 52.1 Å². The lowest BCUT2D eigenvalue weighted by atomic mass is 9.90. The number of ether oxygens (including phenoxy) is 1. The number of fused-ring (bicyclic) bond motifs is 1. The summed E-state index contributed by atoms with van der Waals surface area (Å²) in [5.74, 6) is 7.04. The van der Waals surface area contributed by atoms with Crippen LogP contribution >= 0.6 is 0 Å². The molecule has 1 fully saturated rings. The number of rotatable bonds is 10. The summed E-state index contributed by atoms with van der Waals surface area (Å²) < 4.78 is 31.4. The van der Waals surface area contributed by atoms with Crippen LogP contribution in [0.25, 0.3) is 10.9 Å². The molecule has 0 saturated heterocycles. The molecule has 210 valence electrons. The summed E-state index contributed by atoms with van der Waals surface area (Å²) >= 11 is 0. The molecule has 1 heterocycles. The molecule has 0 spiro atoms. The summed E-state index contributed by atoms with van der Waals surface area (Å²) in [5.41, 5.74) is 4.06. The molecule has 1 saturated carbocycles. The van der Waals surface area contributed by atoms with Crippen LogP contribution in [0.5, 0.6) is 5.75 Å². The highest BCUT2D eigenvalue weighted by atomic mass is 32.2. The predicted octanol–water partition coefficient (Wildman–Crippen LogP) is 5.60. The Morgan fingerprint density at radius 1 is 1.03 bits per heavy atom. The van der Waals surface area contributed by atoms with Crippen LogP contribution in [0, 0.1) is 11.8 Å². The molecule has 0 aliphatic heterocycles. The number of benzene rings is 2. The highest BCUT2D eigenvalue weighted by Crippen LogP contribution is 2.31. The average molecular weight is 551 g/mol. The van der Waals surface area contributed by atoms with Crippen LogP contribution in [-0.2, 0) is 16.4 Å². The summed E-state index contributed by atoms with van der Waals surface area (Å²) in [4.78, 5) is 2.82. The Bertz CT molecular complexity index is 1440. The third kappa shape index (κ3) is 6.71. The van der Waals surface area contributed by atoms with Crippen LogP contribution in [0.15, 0.2) is 47.4 Å². The van der Waals surface area contributed by atoms with E-state index in [1.165, 1.54) is 61.7 Å². The van der Waals surface area contributed by atoms with E-state index in [1.54, 1.807) is 12.1 Å². The zero-order chi connectivity index (χ0) is 28.0. The van der Waals surface area contributed by atoms with E-state index >= 15 is 0 Å². The number of hydrogen-bond acceptors (Lipinski definition) is 6. The molecule has 1 aliphatic rings. The van der Waals surface area contributed by atoms with Crippen LogP contribution in [0.3, 0.4) is 0 Å². The molecule has 0 atom stereocenters. The fourth-order valence-corrected chi connectivity index (χ4v) is 6.36. The quantitative estimate of drug-likeness (QED) is 0.320. The van der Waals surface area contributed by atoms with Crippen molar-refractivity contribution in [1.29, 1.82) is 0 Å². The number of aromatic nitrogens is 1. The first-order valence-electron chi connectivity index (χ1n) is 14.0. The van der Waals surface area contributed by atoms with Crippen molar-refractivity contribution in [2.24, 2.45) is 0 Å². The first-order chi connectivity index (χ1) is 18.8. The van der Waals surface area contributed by atoms with Crippen molar-refractivity contribution in [3.05, 3.63) is 48.2 Å². The van der Waals surface area contributed by atoms with Crippen molar-refractivity contribution in [1.82, 2.24) is 9.47 Å². The summed E-state index contributed by atoms with van der Waals surface area (Å²) in [6.07, 6.45) is 6.07. The zero-order valence-corrected chi connectivity index (χ0v) is 24.7. The molecular weight excluding hydrogens is 508 g/mol. The maximum atomic E-state index is 11.9. The molecule has 0 radical (unpaired) electrons. The van der Waals surface area contributed by atoms with Gasteiger partial charge in [0.05, 0.1) is 35.4 Å². The lowest BCUT2D eigenvalue weighted by molar-refractivity contribution is 0.167. The number of sulfone groups is 1. The van der Waals surface area contributed by atoms with Gasteiger partial charge < -0.3 is 24.8 Å². The van der Waals surface area contributed by atoms with Crippen LogP contribution < -0.4 is 15.4 Å². The number of methoxy groups -OCH3 is 1. The van der Waals surface area contributed by atoms with Gasteiger partial charge in [-0.25, -0.2) is 8.42 Å². The summed E-state index contributed by atoms with van der Waals surface area (Å²) in [5, 5.41) is 8.31. The van der Waals surface area contributed by atoms with Crippen molar-refractivity contribution in [2.75, 3.05) is 43.6 Å². The minimum atomic E-state index is -3.30. The van der Waals surface area contributed by atoms with Gasteiger partial charge in [-0.3, -0.25) is 0 Å². The Labute approximate surface area is 233 Å². The SMILES string of the molecule is CCN(CC)C1CCC(Nc2cccc3c2cc(C#CCNc2ccc(S(C)(=O)=O)cc2OC)n3CC)CC1. The molecule has 2 aromatic carbocycles. The van der Waals surface area contributed by atoms with E-state index in [4.69, 9.17) is 4.74 Å². The highest BCUT2D eigenvalue weighted by Gasteiger charge is 2.25. The van der Waals surface area contributed by atoms with E-state index < -0.39 is 9.84 Å². The molecule has 0 unspecified atom stereocenters. The number of nitrogens with one attached hydrogen (secondary N) is 2. The third-order valence-electron chi connectivity index (χ3n) is 7.83. The molecule has 39 heavy (non-hydrogen) atoms. The van der Waals surface area contributed by atoms with Gasteiger partial charge >= 0.3 is 0 Å². The molecule has 2 N–H and O–H groups in total. The van der Waals surface area contributed by atoms with Crippen molar-refractivity contribution in [3.63, 3.8) is 0 Å². The third-order valence-corrected chi connectivity index (χ3v) is 8.94. The Kier molecular flexibility index (Phi) is 9.47. The first-order valence-corrected chi connectivity index (χ1v) is 15.9. The minimum absolute atomic E-state index is 0.227. The standard InChI is InChI=1S/C31H42N4O3S/c1-6-34(7-2)24-16-14-23(15-17-24)33-28-12-9-13-30-27(28)21-25(35(30)8-3)11-10-20-32-29-19-18-26(39(5,36)37)22-31(29)38-4/h9,12-13,18-19,21-24,32-33H,6-8,14-17,20H2,1-5H3. The Morgan fingerprint density at radius 2 is 1.77 bits per heavy atom. The van der Waals surface area contributed by atoms with Gasteiger partial charge in [0.1, 0.15) is 5.75 Å². The van der Waals surface area contributed by atoms with Gasteiger partial charge in [0, 0.05) is 42.0 Å². The smallest absolute Gasteiger partial charge is 0.175 e. The normalized spacial score (nSPS) is 17.6. The fraction of sp³-hybridized carbons (Fsp3) is 0.484. The topological polar surface area (TPSA) is 75.6 Å². The van der Waals surface area contributed by atoms with Crippen LogP contribution in [0.2, 0.25) is 0 Å². The van der Waals surface area contributed by atoms with Crippen molar-refractivity contribution >= 4 is 32.1 Å². The van der Waals surface area contributed by atoms with Crippen molar-refractivity contribution in [2.45, 2.75) is 70.0 Å². The molecule has 0 bridgehead atoms. The summed E-state index contributed by atoms with van der Waals surface area (Å²) in [6, 6.07) is 14.7. The minimum Gasteiger partial charge on any atom is -0.495 e. The van der Waals surface area contributed by atoms with E-state index in [2.05, 4.69) is 77.0 Å². The first kappa shape index (κ1) is 28.8. The van der Waals surface area contributed by atoms with Gasteiger partial charge in [-0.05, 0) is 81.9 Å². The van der Waals surface area contributed by atoms with Gasteiger partial charge in [0.15, 0.2) is 9.84 Å². The molecule has 7 nitrogen and oxygen atoms in total. The highest BCUT2D eigenvalue weighted by molar-refractivity contribution is 7.90. The van der Waals surface area contributed by atoms with Crippen molar-refractivity contribution < 1.29 is 13.2 Å². The van der Waals surface area contributed by atoms with E-state index in [0.29, 0.717) is 30.1 Å². The second-order valence-electron chi connectivity index (χ2n) is 10.2. The molecular formula is C31H42N4O3S.